The van der Waals surface area contributed by atoms with Crippen molar-refractivity contribution in [1.82, 2.24) is 20.0 Å². The molecule has 1 aromatic heterocycles. The van der Waals surface area contributed by atoms with Crippen molar-refractivity contribution in [3.8, 4) is 11.3 Å². The minimum absolute atomic E-state index is 0.00540. The summed E-state index contributed by atoms with van der Waals surface area (Å²) in [5, 5.41) is 9.47. The van der Waals surface area contributed by atoms with E-state index in [2.05, 4.69) is 15.1 Å². The van der Waals surface area contributed by atoms with Gasteiger partial charge in [0, 0.05) is 43.3 Å². The van der Waals surface area contributed by atoms with Gasteiger partial charge in [0.15, 0.2) is 5.82 Å². The lowest BCUT2D eigenvalue weighted by Gasteiger charge is -2.27. The average molecular weight is 504 g/mol. The van der Waals surface area contributed by atoms with Crippen molar-refractivity contribution in [1.29, 1.82) is 0 Å². The van der Waals surface area contributed by atoms with E-state index < -0.39 is 0 Å². The number of benzene rings is 2. The van der Waals surface area contributed by atoms with Crippen molar-refractivity contribution in [2.24, 2.45) is 0 Å². The Bertz CT molecular complexity index is 1240. The van der Waals surface area contributed by atoms with Gasteiger partial charge in [-0.25, -0.2) is 0 Å². The third-order valence-corrected chi connectivity index (χ3v) is 7.23. The summed E-state index contributed by atoms with van der Waals surface area (Å²) in [6.07, 6.45) is 2.75. The van der Waals surface area contributed by atoms with Crippen LogP contribution < -0.4 is 4.90 Å². The highest BCUT2D eigenvalue weighted by Crippen LogP contribution is 2.29. The number of hydrogen-bond donors (Lipinski definition) is 0. The van der Waals surface area contributed by atoms with Crippen LogP contribution in [0, 0.1) is 6.92 Å². The summed E-state index contributed by atoms with van der Waals surface area (Å²) in [5.74, 6) is 0.745. The summed E-state index contributed by atoms with van der Waals surface area (Å²) in [7, 11) is 0. The fourth-order valence-electron chi connectivity index (χ4n) is 4.67. The number of nitrogens with zero attached hydrogens (tertiary/aromatic N) is 5. The zero-order valence-electron chi connectivity index (χ0n) is 20.4. The molecule has 0 atom stereocenters. The number of rotatable bonds is 6. The quantitative estimate of drug-likeness (QED) is 0.497. The molecule has 3 aromatic rings. The maximum Gasteiger partial charge on any atom is 0.254 e. The van der Waals surface area contributed by atoms with Crippen LogP contribution in [-0.4, -0.2) is 70.6 Å². The predicted octanol–water partition coefficient (Wildman–Crippen LogP) is 4.45. The summed E-state index contributed by atoms with van der Waals surface area (Å²) in [5.41, 5.74) is 3.20. The van der Waals surface area contributed by atoms with Gasteiger partial charge in [0.05, 0.1) is 10.7 Å². The van der Waals surface area contributed by atoms with E-state index in [1.165, 1.54) is 0 Å². The van der Waals surface area contributed by atoms with E-state index in [0.717, 1.165) is 48.4 Å². The van der Waals surface area contributed by atoms with Gasteiger partial charge in [-0.05, 0) is 56.0 Å². The van der Waals surface area contributed by atoms with E-state index in [-0.39, 0.29) is 24.4 Å². The van der Waals surface area contributed by atoms with Crippen LogP contribution >= 0.6 is 11.6 Å². The Kier molecular flexibility index (Phi) is 7.18. The summed E-state index contributed by atoms with van der Waals surface area (Å²) in [6, 6.07) is 19.2. The van der Waals surface area contributed by atoms with Crippen LogP contribution in [0.2, 0.25) is 5.02 Å². The number of carbonyl (C=O) groups excluding carboxylic acids is 2. The highest BCUT2D eigenvalue weighted by molar-refractivity contribution is 6.33. The summed E-state index contributed by atoms with van der Waals surface area (Å²) in [4.78, 5) is 32.3. The van der Waals surface area contributed by atoms with Crippen molar-refractivity contribution < 1.29 is 9.59 Å². The molecule has 0 N–H and O–H groups in total. The molecule has 0 radical (unpaired) electrons. The van der Waals surface area contributed by atoms with Gasteiger partial charge in [-0.2, -0.15) is 0 Å². The molecule has 1 saturated carbocycles. The Balaban J connectivity index is 1.22. The lowest BCUT2D eigenvalue weighted by molar-refractivity contribution is -0.131. The van der Waals surface area contributed by atoms with E-state index in [9.17, 15) is 9.59 Å². The molecule has 2 fully saturated rings. The van der Waals surface area contributed by atoms with E-state index >= 15 is 0 Å². The van der Waals surface area contributed by atoms with Crippen molar-refractivity contribution in [2.45, 2.75) is 32.2 Å². The first-order chi connectivity index (χ1) is 17.5. The number of amides is 2. The molecule has 1 saturated heterocycles. The maximum atomic E-state index is 13.3. The Morgan fingerprint density at radius 1 is 0.944 bits per heavy atom. The van der Waals surface area contributed by atoms with E-state index in [1.54, 1.807) is 4.90 Å². The molecule has 2 aromatic carbocycles. The first-order valence-electron chi connectivity index (χ1n) is 12.5. The van der Waals surface area contributed by atoms with Crippen molar-refractivity contribution in [2.75, 3.05) is 37.6 Å². The molecule has 2 aliphatic rings. The number of aryl methyl sites for hydroxylation is 1. The number of anilines is 1. The third kappa shape index (κ3) is 5.36. The Labute approximate surface area is 216 Å². The third-order valence-electron chi connectivity index (χ3n) is 6.90. The molecule has 186 valence electrons. The molecular formula is C28H30ClN5O2. The molecule has 2 amide bonds. The molecule has 0 unspecified atom stereocenters. The zero-order chi connectivity index (χ0) is 25.1. The Morgan fingerprint density at radius 3 is 2.44 bits per heavy atom. The molecule has 36 heavy (non-hydrogen) atoms. The lowest BCUT2D eigenvalue weighted by Crippen LogP contribution is -2.45. The van der Waals surface area contributed by atoms with Crippen LogP contribution in [0.5, 0.6) is 0 Å². The Hall–Kier alpha value is -3.45. The highest BCUT2D eigenvalue weighted by atomic mass is 35.5. The maximum absolute atomic E-state index is 13.3. The van der Waals surface area contributed by atoms with Crippen LogP contribution in [-0.2, 0) is 4.79 Å². The van der Waals surface area contributed by atoms with Crippen LogP contribution in [0.25, 0.3) is 11.3 Å². The monoisotopic (exact) mass is 503 g/mol. The SMILES string of the molecule is Cc1ccccc1C(=O)N(CC(=O)N1CCCN(c2ccc(-c3ccccc3Cl)nn2)CC1)C1CC1. The smallest absolute Gasteiger partial charge is 0.254 e. The lowest BCUT2D eigenvalue weighted by atomic mass is 10.1. The summed E-state index contributed by atoms with van der Waals surface area (Å²) in [6.45, 7) is 4.78. The van der Waals surface area contributed by atoms with Gasteiger partial charge in [0.1, 0.15) is 6.54 Å². The first-order valence-corrected chi connectivity index (χ1v) is 12.9. The van der Waals surface area contributed by atoms with Crippen LogP contribution in [0.4, 0.5) is 5.82 Å². The fraction of sp³-hybridized carbons (Fsp3) is 0.357. The topological polar surface area (TPSA) is 69.6 Å². The minimum atomic E-state index is -0.0470. The highest BCUT2D eigenvalue weighted by Gasteiger charge is 2.35. The largest absolute Gasteiger partial charge is 0.353 e. The number of aromatic nitrogens is 2. The second-order valence-corrected chi connectivity index (χ2v) is 9.86. The molecule has 0 bridgehead atoms. The van der Waals surface area contributed by atoms with Gasteiger partial charge in [-0.15, -0.1) is 10.2 Å². The standard InChI is InChI=1S/C28H30ClN5O2/c1-20-7-2-3-8-22(20)28(36)34(21-11-12-21)19-27(35)33-16-6-15-32(17-18-33)26-14-13-25(30-31-26)23-9-4-5-10-24(23)29/h2-5,7-10,13-14,21H,6,11-12,15-19H2,1H3. The normalized spacial score (nSPS) is 15.9. The van der Waals surface area contributed by atoms with Crippen molar-refractivity contribution in [3.05, 3.63) is 76.8 Å². The second kappa shape index (κ2) is 10.7. The molecule has 1 aliphatic heterocycles. The van der Waals surface area contributed by atoms with E-state index in [4.69, 9.17) is 11.6 Å². The number of hydrogen-bond acceptors (Lipinski definition) is 5. The fourth-order valence-corrected chi connectivity index (χ4v) is 4.90. The van der Waals surface area contributed by atoms with Crippen LogP contribution in [0.3, 0.4) is 0 Å². The zero-order valence-corrected chi connectivity index (χ0v) is 21.2. The van der Waals surface area contributed by atoms with Gasteiger partial charge in [-0.1, -0.05) is 48.0 Å². The summed E-state index contributed by atoms with van der Waals surface area (Å²) < 4.78 is 0. The molecule has 5 rings (SSSR count). The van der Waals surface area contributed by atoms with Gasteiger partial charge in [0.2, 0.25) is 5.91 Å². The molecule has 2 heterocycles. The Morgan fingerprint density at radius 2 is 1.72 bits per heavy atom. The van der Waals surface area contributed by atoms with Crippen molar-refractivity contribution >= 4 is 29.2 Å². The predicted molar refractivity (Wildman–Crippen MR) is 141 cm³/mol. The molecule has 8 heteroatoms. The first kappa shape index (κ1) is 24.3. The number of halogens is 1. The average Bonchev–Trinajstić information content (AvgIpc) is 3.75. The molecular weight excluding hydrogens is 474 g/mol. The molecule has 0 spiro atoms. The van der Waals surface area contributed by atoms with E-state index in [0.29, 0.717) is 30.2 Å². The van der Waals surface area contributed by atoms with E-state index in [1.807, 2.05) is 72.5 Å². The summed E-state index contributed by atoms with van der Waals surface area (Å²) >= 11 is 6.30. The van der Waals surface area contributed by atoms with Gasteiger partial charge in [-0.3, -0.25) is 9.59 Å². The minimum Gasteiger partial charge on any atom is -0.353 e. The van der Waals surface area contributed by atoms with Crippen molar-refractivity contribution in [3.63, 3.8) is 0 Å². The number of carbonyl (C=O) groups is 2. The molecule has 1 aliphatic carbocycles. The van der Waals surface area contributed by atoms with Crippen LogP contribution in [0.15, 0.2) is 60.7 Å². The second-order valence-electron chi connectivity index (χ2n) is 9.46. The van der Waals surface area contributed by atoms with Gasteiger partial charge < -0.3 is 14.7 Å². The van der Waals surface area contributed by atoms with Crippen LogP contribution in [0.1, 0.15) is 35.2 Å². The van der Waals surface area contributed by atoms with Gasteiger partial charge in [0.25, 0.3) is 5.91 Å². The molecule has 7 nitrogen and oxygen atoms in total. The van der Waals surface area contributed by atoms with Gasteiger partial charge >= 0.3 is 0 Å².